The number of hydrogen-bond acceptors (Lipinski definition) is 2. The van der Waals surface area contributed by atoms with Gasteiger partial charge in [0.2, 0.25) is 5.91 Å². The number of aromatic amines is 1. The van der Waals surface area contributed by atoms with Crippen LogP contribution < -0.4 is 0 Å². The van der Waals surface area contributed by atoms with Crippen molar-refractivity contribution in [2.45, 2.75) is 38.6 Å². The molecule has 1 amide bonds. The number of amides is 1. The van der Waals surface area contributed by atoms with E-state index >= 15 is 0 Å². The second-order valence-corrected chi connectivity index (χ2v) is 6.03. The van der Waals surface area contributed by atoms with Crippen molar-refractivity contribution in [1.29, 1.82) is 0 Å². The third-order valence-electron chi connectivity index (χ3n) is 4.25. The first-order valence-corrected chi connectivity index (χ1v) is 7.39. The molecule has 2 rings (SSSR count). The number of rotatable bonds is 6. The van der Waals surface area contributed by atoms with Gasteiger partial charge in [-0.1, -0.05) is 18.2 Å². The summed E-state index contributed by atoms with van der Waals surface area (Å²) in [6.07, 6.45) is 3.80. The fraction of sp³-hybridized carbons (Fsp3) is 0.412. The minimum atomic E-state index is -1.18. The molecule has 5 nitrogen and oxygen atoms in total. The number of carbonyl (C=O) groups excluding carboxylic acids is 1. The lowest BCUT2D eigenvalue weighted by molar-refractivity contribution is -0.155. The van der Waals surface area contributed by atoms with Gasteiger partial charge in [0.1, 0.15) is 5.54 Å². The first-order chi connectivity index (χ1) is 10.3. The lowest BCUT2D eigenvalue weighted by Gasteiger charge is -2.31. The molecule has 0 radical (unpaired) electrons. The summed E-state index contributed by atoms with van der Waals surface area (Å²) in [6.45, 7) is 3.07. The third kappa shape index (κ3) is 3.13. The molecule has 0 aliphatic carbocycles. The number of aromatic nitrogens is 1. The van der Waals surface area contributed by atoms with E-state index in [0.717, 1.165) is 11.9 Å². The highest BCUT2D eigenvalue weighted by Crippen LogP contribution is 2.20. The minimum Gasteiger partial charge on any atom is -0.480 e. The average Bonchev–Trinajstić information content (AvgIpc) is 2.89. The van der Waals surface area contributed by atoms with Crippen LogP contribution >= 0.6 is 0 Å². The van der Waals surface area contributed by atoms with Gasteiger partial charge in [0.05, 0.1) is 0 Å². The monoisotopic (exact) mass is 302 g/mol. The van der Waals surface area contributed by atoms with Crippen LogP contribution in [0.5, 0.6) is 0 Å². The normalized spacial score (nSPS) is 11.6. The van der Waals surface area contributed by atoms with Crippen LogP contribution in [0.25, 0.3) is 10.9 Å². The third-order valence-corrected chi connectivity index (χ3v) is 4.25. The number of carbonyl (C=O) groups is 2. The van der Waals surface area contributed by atoms with Crippen molar-refractivity contribution in [2.24, 2.45) is 0 Å². The van der Waals surface area contributed by atoms with Crippen LogP contribution in [0.4, 0.5) is 0 Å². The smallest absolute Gasteiger partial charge is 0.329 e. The maximum Gasteiger partial charge on any atom is 0.329 e. The molecule has 2 aromatic rings. The van der Waals surface area contributed by atoms with Crippen LogP contribution in [0.15, 0.2) is 30.5 Å². The fourth-order valence-electron chi connectivity index (χ4n) is 2.39. The zero-order valence-corrected chi connectivity index (χ0v) is 13.2. The molecular weight excluding hydrogens is 280 g/mol. The van der Waals surface area contributed by atoms with E-state index in [1.807, 2.05) is 24.4 Å². The molecular formula is C17H22N2O3. The predicted octanol–water partition coefficient (Wildman–Crippen LogP) is 2.81. The zero-order valence-electron chi connectivity index (χ0n) is 13.2. The Kier molecular flexibility index (Phi) is 4.54. The number of fused-ring (bicyclic) bond motifs is 1. The van der Waals surface area contributed by atoms with Gasteiger partial charge in [-0.25, -0.2) is 4.79 Å². The van der Waals surface area contributed by atoms with Gasteiger partial charge >= 0.3 is 5.97 Å². The first kappa shape index (κ1) is 16.1. The van der Waals surface area contributed by atoms with Gasteiger partial charge in [-0.15, -0.1) is 0 Å². The highest BCUT2D eigenvalue weighted by molar-refractivity contribution is 5.86. The highest BCUT2D eigenvalue weighted by Gasteiger charge is 2.34. The standard InChI is InChI=1S/C17H22N2O3/c1-17(2,16(21)22)19(3)15(20)10-6-7-12-11-18-14-9-5-4-8-13(12)14/h4-5,8-9,11,18H,6-7,10H2,1-3H3,(H,21,22). The molecule has 0 atom stereocenters. The van der Waals surface area contributed by atoms with Crippen molar-refractivity contribution < 1.29 is 14.7 Å². The van der Waals surface area contributed by atoms with Crippen LogP contribution in [-0.2, 0) is 16.0 Å². The van der Waals surface area contributed by atoms with Crippen molar-refractivity contribution in [2.75, 3.05) is 7.05 Å². The van der Waals surface area contributed by atoms with Crippen LogP contribution in [0, 0.1) is 0 Å². The summed E-state index contributed by atoms with van der Waals surface area (Å²) in [5, 5.41) is 10.3. The summed E-state index contributed by atoms with van der Waals surface area (Å²) >= 11 is 0. The largest absolute Gasteiger partial charge is 0.480 e. The van der Waals surface area contributed by atoms with Gasteiger partial charge in [-0.3, -0.25) is 4.79 Å². The molecule has 0 aliphatic heterocycles. The Balaban J connectivity index is 1.94. The number of carboxylic acids is 1. The summed E-state index contributed by atoms with van der Waals surface area (Å²) in [6, 6.07) is 8.05. The van der Waals surface area contributed by atoms with Gasteiger partial charge < -0.3 is 15.0 Å². The second kappa shape index (κ2) is 6.22. The number of aliphatic carboxylic acids is 1. The molecule has 1 aromatic heterocycles. The zero-order chi connectivity index (χ0) is 16.3. The lowest BCUT2D eigenvalue weighted by atomic mass is 10.0. The van der Waals surface area contributed by atoms with Gasteiger partial charge in [0.15, 0.2) is 0 Å². The number of H-pyrrole nitrogens is 1. The molecule has 5 heteroatoms. The molecule has 0 unspecified atom stereocenters. The van der Waals surface area contributed by atoms with Gasteiger partial charge in [-0.2, -0.15) is 0 Å². The van der Waals surface area contributed by atoms with E-state index in [1.54, 1.807) is 7.05 Å². The molecule has 0 bridgehead atoms. The summed E-state index contributed by atoms with van der Waals surface area (Å²) in [5.74, 6) is -1.15. The molecule has 1 heterocycles. The number of para-hydroxylation sites is 1. The summed E-state index contributed by atoms with van der Waals surface area (Å²) in [4.78, 5) is 27.8. The Morgan fingerprint density at radius 1 is 1.27 bits per heavy atom. The second-order valence-electron chi connectivity index (χ2n) is 6.03. The molecule has 118 valence electrons. The topological polar surface area (TPSA) is 73.4 Å². The molecule has 1 aromatic carbocycles. The van der Waals surface area contributed by atoms with Crippen molar-refractivity contribution in [3.8, 4) is 0 Å². The fourth-order valence-corrected chi connectivity index (χ4v) is 2.39. The van der Waals surface area contributed by atoms with Crippen molar-refractivity contribution >= 4 is 22.8 Å². The molecule has 0 saturated heterocycles. The van der Waals surface area contributed by atoms with Crippen molar-refractivity contribution in [1.82, 2.24) is 9.88 Å². The minimum absolute atomic E-state index is 0.146. The Morgan fingerprint density at radius 3 is 2.64 bits per heavy atom. The maximum absolute atomic E-state index is 12.1. The van der Waals surface area contributed by atoms with E-state index in [4.69, 9.17) is 5.11 Å². The molecule has 0 fully saturated rings. The van der Waals surface area contributed by atoms with E-state index in [2.05, 4.69) is 11.1 Å². The van der Waals surface area contributed by atoms with E-state index in [-0.39, 0.29) is 5.91 Å². The number of carboxylic acid groups (broad SMARTS) is 1. The Labute approximate surface area is 129 Å². The molecule has 0 spiro atoms. The number of likely N-dealkylation sites (N-methyl/N-ethyl adjacent to an activating group) is 1. The van der Waals surface area contributed by atoms with Crippen molar-refractivity contribution in [3.05, 3.63) is 36.0 Å². The number of benzene rings is 1. The highest BCUT2D eigenvalue weighted by atomic mass is 16.4. The van der Waals surface area contributed by atoms with Crippen LogP contribution in [0.2, 0.25) is 0 Å². The molecule has 0 aliphatic rings. The summed E-state index contributed by atoms with van der Waals surface area (Å²) in [7, 11) is 1.54. The number of nitrogens with one attached hydrogen (secondary N) is 1. The number of aryl methyl sites for hydroxylation is 1. The summed E-state index contributed by atoms with van der Waals surface area (Å²) < 4.78 is 0. The molecule has 0 saturated carbocycles. The Hall–Kier alpha value is -2.30. The van der Waals surface area contributed by atoms with E-state index < -0.39 is 11.5 Å². The molecule has 22 heavy (non-hydrogen) atoms. The van der Waals surface area contributed by atoms with E-state index in [1.165, 1.54) is 29.7 Å². The van der Waals surface area contributed by atoms with Crippen molar-refractivity contribution in [3.63, 3.8) is 0 Å². The maximum atomic E-state index is 12.1. The van der Waals surface area contributed by atoms with Crippen LogP contribution in [0.3, 0.4) is 0 Å². The SMILES string of the molecule is CN(C(=O)CCCc1c[nH]c2ccccc12)C(C)(C)C(=O)O. The van der Waals surface area contributed by atoms with Gasteiger partial charge in [0, 0.05) is 30.6 Å². The van der Waals surface area contributed by atoms with Crippen LogP contribution in [-0.4, -0.2) is 39.5 Å². The first-order valence-electron chi connectivity index (χ1n) is 7.39. The average molecular weight is 302 g/mol. The summed E-state index contributed by atoms with van der Waals surface area (Å²) in [5.41, 5.74) is 1.09. The van der Waals surface area contributed by atoms with Crippen LogP contribution in [0.1, 0.15) is 32.3 Å². The Bertz CT molecular complexity index is 688. The number of hydrogen-bond donors (Lipinski definition) is 2. The quantitative estimate of drug-likeness (QED) is 0.861. The van der Waals surface area contributed by atoms with E-state index in [0.29, 0.717) is 12.8 Å². The predicted molar refractivity (Wildman–Crippen MR) is 85.7 cm³/mol. The molecule has 2 N–H and O–H groups in total. The lowest BCUT2D eigenvalue weighted by Crippen LogP contribution is -2.50. The number of nitrogens with zero attached hydrogens (tertiary/aromatic N) is 1. The van der Waals surface area contributed by atoms with Gasteiger partial charge in [0.25, 0.3) is 0 Å². The Morgan fingerprint density at radius 2 is 1.95 bits per heavy atom. The van der Waals surface area contributed by atoms with Gasteiger partial charge in [-0.05, 0) is 38.3 Å². The van der Waals surface area contributed by atoms with E-state index in [9.17, 15) is 9.59 Å².